The van der Waals surface area contributed by atoms with Gasteiger partial charge >= 0.3 is 0 Å². The molecule has 0 aliphatic carbocycles. The fraction of sp³-hybridized carbons (Fsp3) is 0.500. The van der Waals surface area contributed by atoms with Crippen molar-refractivity contribution in [2.24, 2.45) is 7.05 Å². The number of aryl methyl sites for hydroxylation is 2. The molecule has 1 aliphatic rings. The van der Waals surface area contributed by atoms with Gasteiger partial charge < -0.3 is 19.9 Å². The number of nitrogens with one attached hydrogen (secondary N) is 2. The molecule has 1 saturated heterocycles. The maximum Gasteiger partial charge on any atom is 0.253 e. The highest BCUT2D eigenvalue weighted by molar-refractivity contribution is 5.96. The Bertz CT molecular complexity index is 771. The molecule has 3 heterocycles. The molecule has 2 aromatic heterocycles. The molecular weight excluding hydrogens is 318 g/mol. The molecule has 0 unspecified atom stereocenters. The van der Waals surface area contributed by atoms with Crippen molar-refractivity contribution >= 4 is 11.7 Å². The highest BCUT2D eigenvalue weighted by atomic mass is 16.5. The van der Waals surface area contributed by atoms with E-state index in [1.54, 1.807) is 6.20 Å². The standard InChI is InChI=1S/C18H25N5O2/c1-11-9-14(12(2)23(11)4)18(24)22-15-6-8-25-10-16(15)21-17-5-7-19-13(3)20-17/h5,7,9,15-16H,6,8,10H2,1-4H3,(H,22,24)(H,19,20,21)/t15-,16+/m0/s1. The topological polar surface area (TPSA) is 81.1 Å². The third-order valence-corrected chi connectivity index (χ3v) is 4.80. The van der Waals surface area contributed by atoms with E-state index < -0.39 is 0 Å². The van der Waals surface area contributed by atoms with E-state index in [1.807, 2.05) is 44.5 Å². The average Bonchev–Trinajstić information content (AvgIpc) is 2.84. The molecule has 1 aliphatic heterocycles. The van der Waals surface area contributed by atoms with Crippen molar-refractivity contribution in [3.8, 4) is 0 Å². The van der Waals surface area contributed by atoms with Crippen molar-refractivity contribution in [1.82, 2.24) is 19.9 Å². The predicted molar refractivity (Wildman–Crippen MR) is 95.8 cm³/mol. The van der Waals surface area contributed by atoms with Gasteiger partial charge in [-0.15, -0.1) is 0 Å². The highest BCUT2D eigenvalue weighted by Crippen LogP contribution is 2.17. The lowest BCUT2D eigenvalue weighted by Crippen LogP contribution is -2.52. The molecule has 1 fully saturated rings. The van der Waals surface area contributed by atoms with Crippen LogP contribution in [0.2, 0.25) is 0 Å². The lowest BCUT2D eigenvalue weighted by Gasteiger charge is -2.33. The Kier molecular flexibility index (Phi) is 5.03. The van der Waals surface area contributed by atoms with Crippen molar-refractivity contribution in [3.63, 3.8) is 0 Å². The quantitative estimate of drug-likeness (QED) is 0.884. The summed E-state index contributed by atoms with van der Waals surface area (Å²) in [7, 11) is 1.97. The molecule has 0 radical (unpaired) electrons. The summed E-state index contributed by atoms with van der Waals surface area (Å²) in [6.07, 6.45) is 2.48. The van der Waals surface area contributed by atoms with Gasteiger partial charge in [-0.25, -0.2) is 9.97 Å². The number of hydrogen-bond acceptors (Lipinski definition) is 5. The number of hydrogen-bond donors (Lipinski definition) is 2. The van der Waals surface area contributed by atoms with Crippen LogP contribution in [0.4, 0.5) is 5.82 Å². The molecule has 0 bridgehead atoms. The van der Waals surface area contributed by atoms with Crippen LogP contribution in [0.1, 0.15) is 34.0 Å². The molecule has 2 atom stereocenters. The van der Waals surface area contributed by atoms with E-state index in [4.69, 9.17) is 4.74 Å². The summed E-state index contributed by atoms with van der Waals surface area (Å²) in [6.45, 7) is 6.98. The third-order valence-electron chi connectivity index (χ3n) is 4.80. The van der Waals surface area contributed by atoms with E-state index in [-0.39, 0.29) is 18.0 Å². The molecule has 0 saturated carbocycles. The van der Waals surface area contributed by atoms with Gasteiger partial charge in [-0.05, 0) is 39.3 Å². The summed E-state index contributed by atoms with van der Waals surface area (Å²) >= 11 is 0. The minimum absolute atomic E-state index is 0.0172. The molecule has 0 aromatic carbocycles. The Morgan fingerprint density at radius 1 is 1.32 bits per heavy atom. The lowest BCUT2D eigenvalue weighted by atomic mass is 10.0. The van der Waals surface area contributed by atoms with Crippen molar-refractivity contribution in [1.29, 1.82) is 0 Å². The number of ether oxygens (including phenoxy) is 1. The summed E-state index contributed by atoms with van der Waals surface area (Å²) in [5.74, 6) is 1.41. The van der Waals surface area contributed by atoms with Gasteiger partial charge in [0.2, 0.25) is 0 Å². The van der Waals surface area contributed by atoms with E-state index in [2.05, 4.69) is 20.6 Å². The fourth-order valence-corrected chi connectivity index (χ4v) is 3.11. The number of amides is 1. The van der Waals surface area contributed by atoms with E-state index in [0.717, 1.165) is 29.2 Å². The third kappa shape index (κ3) is 3.82. The largest absolute Gasteiger partial charge is 0.379 e. The number of anilines is 1. The minimum Gasteiger partial charge on any atom is -0.379 e. The van der Waals surface area contributed by atoms with E-state index in [9.17, 15) is 4.79 Å². The zero-order chi connectivity index (χ0) is 18.0. The van der Waals surface area contributed by atoms with Gasteiger partial charge in [-0.2, -0.15) is 0 Å². The molecule has 2 aromatic rings. The first kappa shape index (κ1) is 17.4. The van der Waals surface area contributed by atoms with Gasteiger partial charge in [0, 0.05) is 31.2 Å². The van der Waals surface area contributed by atoms with Crippen LogP contribution in [0.15, 0.2) is 18.3 Å². The van der Waals surface area contributed by atoms with Crippen LogP contribution < -0.4 is 10.6 Å². The Balaban J connectivity index is 1.72. The second-order valence-electron chi connectivity index (χ2n) is 6.53. The van der Waals surface area contributed by atoms with Crippen LogP contribution in [-0.2, 0) is 11.8 Å². The van der Waals surface area contributed by atoms with Crippen molar-refractivity contribution in [3.05, 3.63) is 41.1 Å². The number of rotatable bonds is 4. The summed E-state index contributed by atoms with van der Waals surface area (Å²) in [5, 5.41) is 6.53. The second kappa shape index (κ2) is 7.23. The summed E-state index contributed by atoms with van der Waals surface area (Å²) in [6, 6.07) is 3.71. The first-order valence-electron chi connectivity index (χ1n) is 8.53. The van der Waals surface area contributed by atoms with Crippen molar-refractivity contribution < 1.29 is 9.53 Å². The molecule has 25 heavy (non-hydrogen) atoms. The Hall–Kier alpha value is -2.41. The molecule has 7 nitrogen and oxygen atoms in total. The van der Waals surface area contributed by atoms with Crippen LogP contribution in [0.25, 0.3) is 0 Å². The molecule has 134 valence electrons. The molecule has 3 rings (SSSR count). The van der Waals surface area contributed by atoms with E-state index in [1.165, 1.54) is 0 Å². The first-order valence-corrected chi connectivity index (χ1v) is 8.53. The maximum atomic E-state index is 12.7. The maximum absolute atomic E-state index is 12.7. The molecule has 7 heteroatoms. The number of nitrogens with zero attached hydrogens (tertiary/aromatic N) is 3. The van der Waals surface area contributed by atoms with Gasteiger partial charge in [0.15, 0.2) is 0 Å². The van der Waals surface area contributed by atoms with Crippen LogP contribution in [0.5, 0.6) is 0 Å². The minimum atomic E-state index is -0.0428. The van der Waals surface area contributed by atoms with Crippen molar-refractivity contribution in [2.45, 2.75) is 39.3 Å². The molecule has 1 amide bonds. The molecule has 2 N–H and O–H groups in total. The highest BCUT2D eigenvalue weighted by Gasteiger charge is 2.28. The van der Waals surface area contributed by atoms with Gasteiger partial charge in [-0.3, -0.25) is 4.79 Å². The van der Waals surface area contributed by atoms with Crippen LogP contribution in [0, 0.1) is 20.8 Å². The molecular formula is C18H25N5O2. The first-order chi connectivity index (χ1) is 12.0. The van der Waals surface area contributed by atoms with Crippen LogP contribution >= 0.6 is 0 Å². The van der Waals surface area contributed by atoms with Gasteiger partial charge in [-0.1, -0.05) is 0 Å². The fourth-order valence-electron chi connectivity index (χ4n) is 3.11. The number of carbonyl (C=O) groups is 1. The Morgan fingerprint density at radius 3 is 2.80 bits per heavy atom. The number of aromatic nitrogens is 3. The van der Waals surface area contributed by atoms with Gasteiger partial charge in [0.05, 0.1) is 24.3 Å². The monoisotopic (exact) mass is 343 g/mol. The predicted octanol–water partition coefficient (Wildman–Crippen LogP) is 1.74. The Morgan fingerprint density at radius 2 is 2.12 bits per heavy atom. The zero-order valence-electron chi connectivity index (χ0n) is 15.2. The Labute approximate surface area is 147 Å². The normalized spacial score (nSPS) is 20.3. The summed E-state index contributed by atoms with van der Waals surface area (Å²) in [5.41, 5.74) is 2.77. The second-order valence-corrected chi connectivity index (χ2v) is 6.53. The van der Waals surface area contributed by atoms with Crippen LogP contribution in [0.3, 0.4) is 0 Å². The smallest absolute Gasteiger partial charge is 0.253 e. The SMILES string of the molecule is Cc1nccc(N[C@@H]2COCC[C@@H]2NC(=O)c2cc(C)n(C)c2C)n1. The van der Waals surface area contributed by atoms with E-state index >= 15 is 0 Å². The summed E-state index contributed by atoms with van der Waals surface area (Å²) < 4.78 is 7.61. The average molecular weight is 343 g/mol. The zero-order valence-corrected chi connectivity index (χ0v) is 15.2. The number of carbonyl (C=O) groups excluding carboxylic acids is 1. The van der Waals surface area contributed by atoms with Crippen LogP contribution in [-0.4, -0.2) is 45.7 Å². The molecule has 0 spiro atoms. The van der Waals surface area contributed by atoms with E-state index in [0.29, 0.717) is 19.0 Å². The van der Waals surface area contributed by atoms with Gasteiger partial charge in [0.1, 0.15) is 11.6 Å². The van der Waals surface area contributed by atoms with Crippen molar-refractivity contribution in [2.75, 3.05) is 18.5 Å². The van der Waals surface area contributed by atoms with Gasteiger partial charge in [0.25, 0.3) is 5.91 Å². The lowest BCUT2D eigenvalue weighted by molar-refractivity contribution is 0.0619. The summed E-state index contributed by atoms with van der Waals surface area (Å²) in [4.78, 5) is 21.2.